The van der Waals surface area contributed by atoms with Crippen molar-refractivity contribution in [3.05, 3.63) is 51.6 Å². The van der Waals surface area contributed by atoms with Crippen molar-refractivity contribution in [1.82, 2.24) is 9.78 Å². The largest absolute Gasteiger partial charge is 0.505 e. The van der Waals surface area contributed by atoms with Crippen LogP contribution in [0.2, 0.25) is 0 Å². The van der Waals surface area contributed by atoms with E-state index in [9.17, 15) is 40.9 Å². The molecule has 0 radical (unpaired) electrons. The lowest BCUT2D eigenvalue weighted by atomic mass is 10.1. The van der Waals surface area contributed by atoms with Crippen LogP contribution in [0.3, 0.4) is 0 Å². The van der Waals surface area contributed by atoms with E-state index in [-0.39, 0.29) is 22.4 Å². The van der Waals surface area contributed by atoms with Crippen LogP contribution in [-0.2, 0) is 21.1 Å². The molecule has 3 heterocycles. The molecule has 2 unspecified atom stereocenters. The average Bonchev–Trinajstić information content (AvgIpc) is 3.31. The maximum absolute atomic E-state index is 13.3. The maximum Gasteiger partial charge on any atom is 0.391 e. The fourth-order valence-electron chi connectivity index (χ4n) is 3.60. The number of nitrogens with one attached hydrogen (secondary N) is 2. The van der Waals surface area contributed by atoms with E-state index in [4.69, 9.17) is 0 Å². The molecule has 0 amide bonds. The third-order valence-corrected chi connectivity index (χ3v) is 8.51. The van der Waals surface area contributed by atoms with Crippen molar-refractivity contribution >= 4 is 51.4 Å². The van der Waals surface area contributed by atoms with Gasteiger partial charge in [-0.15, -0.1) is 11.3 Å². The Hall–Kier alpha value is -3.20. The van der Waals surface area contributed by atoms with Gasteiger partial charge in [0.2, 0.25) is 10.0 Å². The highest BCUT2D eigenvalue weighted by Crippen LogP contribution is 2.48. The minimum Gasteiger partial charge on any atom is -0.505 e. The summed E-state index contributed by atoms with van der Waals surface area (Å²) in [7, 11) is -8.30. The van der Waals surface area contributed by atoms with E-state index >= 15 is 0 Å². The van der Waals surface area contributed by atoms with Gasteiger partial charge in [0.1, 0.15) is 11.3 Å². The molecule has 4 N–H and O–H groups in total. The predicted octanol–water partition coefficient (Wildman–Crippen LogP) is 3.32. The van der Waals surface area contributed by atoms with Crippen molar-refractivity contribution in [3.63, 3.8) is 0 Å². The summed E-state index contributed by atoms with van der Waals surface area (Å²) in [4.78, 5) is 24.4. The Labute approximate surface area is 218 Å². The molecule has 0 saturated carbocycles. The topological polar surface area (TPSA) is 163 Å². The lowest BCUT2D eigenvalue weighted by Gasteiger charge is -2.23. The van der Waals surface area contributed by atoms with Crippen LogP contribution < -0.4 is 20.9 Å². The highest BCUT2D eigenvalue weighted by molar-refractivity contribution is 7.92. The van der Waals surface area contributed by atoms with Crippen LogP contribution in [0, 0.1) is 5.92 Å². The summed E-state index contributed by atoms with van der Waals surface area (Å²) in [5.74, 6) is -2.92. The van der Waals surface area contributed by atoms with E-state index in [0.29, 0.717) is 4.88 Å². The summed E-state index contributed by atoms with van der Waals surface area (Å²) in [6, 6.07) is 6.89. The molecular formula is C21H21F3N5O6PS2. The number of alkyl halides is 3. The quantitative estimate of drug-likeness (QED) is 0.304. The zero-order valence-corrected chi connectivity index (χ0v) is 22.2. The normalized spacial score (nSPS) is 18.3. The van der Waals surface area contributed by atoms with Gasteiger partial charge < -0.3 is 15.3 Å². The Balaban J connectivity index is 1.83. The van der Waals surface area contributed by atoms with Crippen molar-refractivity contribution in [1.29, 1.82) is 0 Å². The van der Waals surface area contributed by atoms with E-state index in [0.717, 1.165) is 35.3 Å². The van der Waals surface area contributed by atoms with Gasteiger partial charge in [0.05, 0.1) is 28.0 Å². The van der Waals surface area contributed by atoms with Crippen molar-refractivity contribution in [3.8, 4) is 16.3 Å². The SMILES string of the molecule is CC(CCn1nc(-c2cccs2)c(O)c(C2=NP(=O)(O)c3cc(NS(C)(=O)=O)ccc3N2)c1=O)C(F)(F)F. The van der Waals surface area contributed by atoms with E-state index in [2.05, 4.69) is 19.9 Å². The Bertz CT molecular complexity index is 1640. The molecule has 11 nitrogen and oxygen atoms in total. The first-order valence-corrected chi connectivity index (χ1v) is 15.2. The summed E-state index contributed by atoms with van der Waals surface area (Å²) in [6.45, 7) is 0.511. The molecule has 204 valence electrons. The van der Waals surface area contributed by atoms with Gasteiger partial charge in [0.15, 0.2) is 11.6 Å². The number of aromatic hydroxyl groups is 1. The molecule has 3 aromatic rings. The van der Waals surface area contributed by atoms with Gasteiger partial charge in [-0.05, 0) is 36.1 Å². The first-order chi connectivity index (χ1) is 17.6. The van der Waals surface area contributed by atoms with Gasteiger partial charge in [0.25, 0.3) is 5.56 Å². The van der Waals surface area contributed by atoms with Crippen LogP contribution in [-0.4, -0.2) is 46.5 Å². The van der Waals surface area contributed by atoms with Crippen molar-refractivity contribution in [2.75, 3.05) is 16.3 Å². The van der Waals surface area contributed by atoms with Crippen LogP contribution in [0.1, 0.15) is 18.9 Å². The second-order valence-electron chi connectivity index (χ2n) is 8.53. The van der Waals surface area contributed by atoms with Crippen LogP contribution in [0.4, 0.5) is 24.5 Å². The lowest BCUT2D eigenvalue weighted by Crippen LogP contribution is -2.35. The van der Waals surface area contributed by atoms with Gasteiger partial charge in [-0.25, -0.2) is 13.1 Å². The molecule has 17 heteroatoms. The molecule has 2 aromatic heterocycles. The zero-order chi connectivity index (χ0) is 28.0. The number of anilines is 2. The Morgan fingerprint density at radius 3 is 2.61 bits per heavy atom. The van der Waals surface area contributed by atoms with E-state index < -0.39 is 65.3 Å². The molecule has 2 atom stereocenters. The number of amidine groups is 1. The first kappa shape index (κ1) is 27.8. The number of thiophene rings is 1. The number of aromatic nitrogens is 2. The zero-order valence-electron chi connectivity index (χ0n) is 19.7. The fraction of sp³-hybridized carbons (Fsp3) is 0.286. The van der Waals surface area contributed by atoms with Crippen molar-refractivity contribution in [2.45, 2.75) is 26.1 Å². The van der Waals surface area contributed by atoms with Gasteiger partial charge >= 0.3 is 13.7 Å². The van der Waals surface area contributed by atoms with Gasteiger partial charge in [-0.1, -0.05) is 13.0 Å². The second kappa shape index (κ2) is 9.84. The van der Waals surface area contributed by atoms with Crippen LogP contribution in [0.5, 0.6) is 5.75 Å². The number of sulfonamides is 1. The molecule has 0 aliphatic carbocycles. The molecule has 0 spiro atoms. The van der Waals surface area contributed by atoms with E-state index in [1.54, 1.807) is 17.5 Å². The molecule has 0 bridgehead atoms. The molecule has 1 aliphatic rings. The number of benzene rings is 1. The standard InChI is InChI=1S/C21H21F3N5O6PS2/c1-11(21(22,23)24)7-8-29-20(31)16(18(30)17(26-29)15-4-3-9-37-15)19-25-13-6-5-12(28-38(2,34)35)10-14(13)36(32,33)27-19/h3-6,9-11,28,30H,7-8H2,1-2H3,(H2,25,27,32,33). The summed E-state index contributed by atoms with van der Waals surface area (Å²) in [5.41, 5.74) is -1.70. The highest BCUT2D eigenvalue weighted by atomic mass is 32.2. The first-order valence-electron chi connectivity index (χ1n) is 10.8. The third-order valence-electron chi connectivity index (χ3n) is 5.56. The number of halogens is 3. The van der Waals surface area contributed by atoms with E-state index in [1.807, 2.05) is 0 Å². The molecule has 1 aromatic carbocycles. The molecule has 0 fully saturated rings. The Kier molecular flexibility index (Phi) is 7.20. The number of fused-ring (bicyclic) bond motifs is 1. The molecule has 1 aliphatic heterocycles. The summed E-state index contributed by atoms with van der Waals surface area (Å²) >= 11 is 1.14. The van der Waals surface area contributed by atoms with Crippen molar-refractivity contribution < 1.29 is 36.2 Å². The highest BCUT2D eigenvalue weighted by Gasteiger charge is 2.37. The molecule has 4 rings (SSSR count). The van der Waals surface area contributed by atoms with Crippen LogP contribution >= 0.6 is 18.9 Å². The summed E-state index contributed by atoms with van der Waals surface area (Å²) in [5, 5.41) is 19.2. The lowest BCUT2D eigenvalue weighted by molar-refractivity contribution is -0.171. The Morgan fingerprint density at radius 1 is 1.29 bits per heavy atom. The minimum atomic E-state index is -4.61. The van der Waals surface area contributed by atoms with E-state index in [1.165, 1.54) is 12.1 Å². The van der Waals surface area contributed by atoms with Gasteiger partial charge in [0, 0.05) is 12.2 Å². The van der Waals surface area contributed by atoms with Gasteiger partial charge in [-0.3, -0.25) is 14.1 Å². The summed E-state index contributed by atoms with van der Waals surface area (Å²) < 4.78 is 82.1. The number of rotatable bonds is 7. The minimum absolute atomic E-state index is 0.00501. The third kappa shape index (κ3) is 5.77. The smallest absolute Gasteiger partial charge is 0.391 e. The number of hydrogen-bond donors (Lipinski definition) is 4. The summed E-state index contributed by atoms with van der Waals surface area (Å²) in [6.07, 6.45) is -4.08. The number of aryl methyl sites for hydroxylation is 1. The average molecular weight is 592 g/mol. The number of nitrogens with zero attached hydrogens (tertiary/aromatic N) is 3. The molecule has 38 heavy (non-hydrogen) atoms. The number of hydrogen-bond acceptors (Lipinski definition) is 8. The monoisotopic (exact) mass is 591 g/mol. The van der Waals surface area contributed by atoms with Crippen LogP contribution in [0.15, 0.2) is 45.3 Å². The Morgan fingerprint density at radius 2 is 2.00 bits per heavy atom. The fourth-order valence-corrected chi connectivity index (χ4v) is 6.14. The maximum atomic E-state index is 13.3. The van der Waals surface area contributed by atoms with Crippen molar-refractivity contribution in [2.24, 2.45) is 10.7 Å². The second-order valence-corrected chi connectivity index (χ2v) is 13.0. The van der Waals surface area contributed by atoms with Gasteiger partial charge in [-0.2, -0.15) is 23.0 Å². The molecular weight excluding hydrogens is 570 g/mol. The molecule has 0 saturated heterocycles. The predicted molar refractivity (Wildman–Crippen MR) is 138 cm³/mol. The van der Waals surface area contributed by atoms with Crippen LogP contribution in [0.25, 0.3) is 10.6 Å².